The van der Waals surface area contributed by atoms with Gasteiger partial charge in [0.1, 0.15) is 0 Å². The summed E-state index contributed by atoms with van der Waals surface area (Å²) >= 11 is 0. The molecule has 1 unspecified atom stereocenters. The van der Waals surface area contributed by atoms with Gasteiger partial charge in [-0.15, -0.1) is 5.92 Å². The summed E-state index contributed by atoms with van der Waals surface area (Å²) in [6, 6.07) is 0. The van der Waals surface area contributed by atoms with Gasteiger partial charge in [0.15, 0.2) is 6.29 Å². The number of rotatable bonds is 6. The van der Waals surface area contributed by atoms with Crippen molar-refractivity contribution < 1.29 is 9.47 Å². The quantitative estimate of drug-likeness (QED) is 0.413. The van der Waals surface area contributed by atoms with E-state index in [2.05, 4.69) is 35.8 Å². The number of allylic oxidation sites excluding steroid dienone is 2. The molecule has 1 heterocycles. The first-order valence-corrected chi connectivity index (χ1v) is 7.73. The van der Waals surface area contributed by atoms with Crippen LogP contribution in [0.25, 0.3) is 0 Å². The van der Waals surface area contributed by atoms with Crippen LogP contribution in [-0.2, 0) is 9.47 Å². The van der Waals surface area contributed by atoms with Crippen LogP contribution >= 0.6 is 0 Å². The van der Waals surface area contributed by atoms with E-state index in [-0.39, 0.29) is 6.29 Å². The average Bonchev–Trinajstić information content (AvgIpc) is 2.49. The lowest BCUT2D eigenvalue weighted by atomic mass is 10.2. The number of hydrogen-bond donors (Lipinski definition) is 0. The molecular formula is C18H26O2. The van der Waals surface area contributed by atoms with Gasteiger partial charge >= 0.3 is 0 Å². The Kier molecular flexibility index (Phi) is 10.8. The maximum absolute atomic E-state index is 5.67. The van der Waals surface area contributed by atoms with Gasteiger partial charge in [-0.25, -0.2) is 0 Å². The molecule has 1 fully saturated rings. The summed E-state index contributed by atoms with van der Waals surface area (Å²) in [6.45, 7) is 3.69. The van der Waals surface area contributed by atoms with E-state index in [1.807, 2.05) is 6.92 Å². The molecule has 1 saturated heterocycles. The average molecular weight is 274 g/mol. The Balaban J connectivity index is 1.91. The van der Waals surface area contributed by atoms with Crippen molar-refractivity contribution in [2.45, 2.75) is 64.6 Å². The van der Waals surface area contributed by atoms with Crippen molar-refractivity contribution in [3.63, 3.8) is 0 Å². The topological polar surface area (TPSA) is 18.5 Å². The molecule has 1 atom stereocenters. The Morgan fingerprint density at radius 3 is 2.85 bits per heavy atom. The molecular weight excluding hydrogens is 248 g/mol. The Bertz CT molecular complexity index is 370. The fourth-order valence-corrected chi connectivity index (χ4v) is 1.89. The Labute approximate surface area is 123 Å². The van der Waals surface area contributed by atoms with Crippen molar-refractivity contribution in [3.05, 3.63) is 12.2 Å². The highest BCUT2D eigenvalue weighted by Crippen LogP contribution is 2.13. The third-order valence-electron chi connectivity index (χ3n) is 2.95. The van der Waals surface area contributed by atoms with Gasteiger partial charge in [0.2, 0.25) is 0 Å². The molecule has 1 rings (SSSR count). The van der Waals surface area contributed by atoms with E-state index >= 15 is 0 Å². The Morgan fingerprint density at radius 1 is 1.15 bits per heavy atom. The summed E-state index contributed by atoms with van der Waals surface area (Å²) in [4.78, 5) is 0. The number of hydrogen-bond acceptors (Lipinski definition) is 2. The molecule has 1 aliphatic heterocycles. The van der Waals surface area contributed by atoms with Crippen LogP contribution in [0.1, 0.15) is 58.3 Å². The van der Waals surface area contributed by atoms with Gasteiger partial charge in [0.05, 0.1) is 13.0 Å². The van der Waals surface area contributed by atoms with Crippen LogP contribution in [0.3, 0.4) is 0 Å². The van der Waals surface area contributed by atoms with Crippen LogP contribution in [0.5, 0.6) is 0 Å². The molecule has 0 spiro atoms. The van der Waals surface area contributed by atoms with Gasteiger partial charge in [-0.1, -0.05) is 36.8 Å². The standard InChI is InChI=1S/C18H26O2/c1-2-3-4-5-6-7-8-9-10-11-13-16-19-18-15-12-14-17-20-18/h9-10,18H,2,5,8,11-17H2,1H3. The molecule has 0 aromatic rings. The van der Waals surface area contributed by atoms with E-state index in [9.17, 15) is 0 Å². The SMILES string of the molecule is CCC#CCC#CCC=CCCCOC1CCCCO1. The molecule has 2 heteroatoms. The first kappa shape index (κ1) is 16.8. The maximum atomic E-state index is 5.67. The van der Waals surface area contributed by atoms with Crippen LogP contribution < -0.4 is 0 Å². The minimum Gasteiger partial charge on any atom is -0.353 e. The zero-order chi connectivity index (χ0) is 14.3. The second-order valence-electron chi connectivity index (χ2n) is 4.72. The smallest absolute Gasteiger partial charge is 0.157 e. The largest absolute Gasteiger partial charge is 0.353 e. The van der Waals surface area contributed by atoms with Gasteiger partial charge in [0, 0.05) is 19.4 Å². The first-order valence-electron chi connectivity index (χ1n) is 7.73. The van der Waals surface area contributed by atoms with Crippen LogP contribution in [0.15, 0.2) is 12.2 Å². The first-order chi connectivity index (χ1) is 9.93. The molecule has 0 N–H and O–H groups in total. The third-order valence-corrected chi connectivity index (χ3v) is 2.95. The fourth-order valence-electron chi connectivity index (χ4n) is 1.89. The maximum Gasteiger partial charge on any atom is 0.157 e. The van der Waals surface area contributed by atoms with Crippen molar-refractivity contribution in [1.29, 1.82) is 0 Å². The van der Waals surface area contributed by atoms with Gasteiger partial charge in [-0.2, -0.15) is 0 Å². The van der Waals surface area contributed by atoms with Gasteiger partial charge in [-0.05, 0) is 32.1 Å². The Hall–Kier alpha value is -1.22. The minimum absolute atomic E-state index is 0.0443. The summed E-state index contributed by atoms with van der Waals surface area (Å²) in [5, 5.41) is 0. The second kappa shape index (κ2) is 12.8. The molecule has 110 valence electrons. The normalized spacial score (nSPS) is 18.1. The van der Waals surface area contributed by atoms with Gasteiger partial charge < -0.3 is 9.47 Å². The molecule has 0 aromatic heterocycles. The summed E-state index contributed by atoms with van der Waals surface area (Å²) in [5.74, 6) is 12.2. The summed E-state index contributed by atoms with van der Waals surface area (Å²) in [7, 11) is 0. The highest BCUT2D eigenvalue weighted by molar-refractivity contribution is 5.12. The zero-order valence-corrected chi connectivity index (χ0v) is 12.6. The zero-order valence-electron chi connectivity index (χ0n) is 12.6. The highest BCUT2D eigenvalue weighted by atomic mass is 16.7. The van der Waals surface area contributed by atoms with E-state index in [1.54, 1.807) is 0 Å². The molecule has 0 amide bonds. The molecule has 0 aromatic carbocycles. The summed E-state index contributed by atoms with van der Waals surface area (Å²) in [5.41, 5.74) is 0. The molecule has 0 radical (unpaired) electrons. The minimum atomic E-state index is 0.0443. The predicted molar refractivity (Wildman–Crippen MR) is 83.0 cm³/mol. The lowest BCUT2D eigenvalue weighted by Gasteiger charge is -2.22. The summed E-state index contributed by atoms with van der Waals surface area (Å²) < 4.78 is 11.2. The van der Waals surface area contributed by atoms with Crippen molar-refractivity contribution >= 4 is 0 Å². The lowest BCUT2D eigenvalue weighted by molar-refractivity contribution is -0.162. The number of unbranched alkanes of at least 4 members (excludes halogenated alkanes) is 1. The van der Waals surface area contributed by atoms with E-state index in [4.69, 9.17) is 9.47 Å². The third kappa shape index (κ3) is 9.68. The predicted octanol–water partition coefficient (Wildman–Crippen LogP) is 4.06. The van der Waals surface area contributed by atoms with Crippen molar-refractivity contribution in [3.8, 4) is 23.7 Å². The monoisotopic (exact) mass is 274 g/mol. The van der Waals surface area contributed by atoms with E-state index < -0.39 is 0 Å². The molecule has 0 aliphatic carbocycles. The van der Waals surface area contributed by atoms with E-state index in [0.29, 0.717) is 6.42 Å². The highest BCUT2D eigenvalue weighted by Gasteiger charge is 2.12. The van der Waals surface area contributed by atoms with Gasteiger partial charge in [-0.3, -0.25) is 0 Å². The second-order valence-corrected chi connectivity index (χ2v) is 4.72. The molecule has 2 nitrogen and oxygen atoms in total. The molecule has 1 aliphatic rings. The molecule has 0 bridgehead atoms. The van der Waals surface area contributed by atoms with Gasteiger partial charge in [0.25, 0.3) is 0 Å². The van der Waals surface area contributed by atoms with E-state index in [0.717, 1.165) is 45.3 Å². The van der Waals surface area contributed by atoms with E-state index in [1.165, 1.54) is 12.8 Å². The van der Waals surface area contributed by atoms with Crippen LogP contribution in [0, 0.1) is 23.7 Å². The van der Waals surface area contributed by atoms with Crippen molar-refractivity contribution in [1.82, 2.24) is 0 Å². The molecule has 20 heavy (non-hydrogen) atoms. The van der Waals surface area contributed by atoms with Crippen LogP contribution in [0.4, 0.5) is 0 Å². The van der Waals surface area contributed by atoms with Crippen molar-refractivity contribution in [2.24, 2.45) is 0 Å². The van der Waals surface area contributed by atoms with Crippen LogP contribution in [-0.4, -0.2) is 19.5 Å². The molecule has 0 saturated carbocycles. The Morgan fingerprint density at radius 2 is 2.05 bits per heavy atom. The fraction of sp³-hybridized carbons (Fsp3) is 0.667. The lowest BCUT2D eigenvalue weighted by Crippen LogP contribution is -2.22. The summed E-state index contributed by atoms with van der Waals surface area (Å²) in [6.07, 6.45) is 12.3. The van der Waals surface area contributed by atoms with Crippen molar-refractivity contribution in [2.75, 3.05) is 13.2 Å². The van der Waals surface area contributed by atoms with Crippen LogP contribution in [0.2, 0.25) is 0 Å². The number of ether oxygens (including phenoxy) is 2.